The minimum Gasteiger partial charge on any atom is -0.481 e. The number of ether oxygens (including phenoxy) is 2. The summed E-state index contributed by atoms with van der Waals surface area (Å²) in [6.45, 7) is 3.02. The van der Waals surface area contributed by atoms with Crippen LogP contribution in [0.3, 0.4) is 0 Å². The van der Waals surface area contributed by atoms with Crippen molar-refractivity contribution >= 4 is 23.1 Å². The molecule has 5 heteroatoms. The number of hydrogen-bond donors (Lipinski definition) is 0. The van der Waals surface area contributed by atoms with E-state index in [1.807, 2.05) is 37.3 Å². The van der Waals surface area contributed by atoms with Gasteiger partial charge < -0.3 is 14.0 Å². The quantitative estimate of drug-likeness (QED) is 0.511. The van der Waals surface area contributed by atoms with E-state index < -0.39 is 0 Å². The van der Waals surface area contributed by atoms with Crippen LogP contribution in [-0.4, -0.2) is 29.2 Å². The molecule has 2 aromatic heterocycles. The van der Waals surface area contributed by atoms with E-state index in [4.69, 9.17) is 9.47 Å². The Morgan fingerprint density at radius 1 is 1.27 bits per heavy atom. The molecule has 1 aliphatic rings. The zero-order valence-electron chi connectivity index (χ0n) is 14.9. The van der Waals surface area contributed by atoms with Crippen molar-refractivity contribution in [1.82, 2.24) is 9.55 Å². The fourth-order valence-electron chi connectivity index (χ4n) is 3.51. The van der Waals surface area contributed by atoms with Crippen LogP contribution in [0.1, 0.15) is 24.5 Å². The number of esters is 1. The summed E-state index contributed by atoms with van der Waals surface area (Å²) in [4.78, 5) is 16.3. The third kappa shape index (κ3) is 2.65. The van der Waals surface area contributed by atoms with Gasteiger partial charge in [-0.25, -0.2) is 4.98 Å². The third-order valence-corrected chi connectivity index (χ3v) is 4.60. The Hall–Kier alpha value is -3.08. The second-order valence-corrected chi connectivity index (χ2v) is 6.14. The molecule has 1 aliphatic heterocycles. The van der Waals surface area contributed by atoms with Crippen LogP contribution in [0.2, 0.25) is 0 Å². The highest BCUT2D eigenvalue weighted by Crippen LogP contribution is 2.41. The maximum absolute atomic E-state index is 11.7. The molecule has 0 N–H and O–H groups in total. The zero-order valence-corrected chi connectivity index (χ0v) is 14.9. The Morgan fingerprint density at radius 3 is 2.92 bits per heavy atom. The lowest BCUT2D eigenvalue weighted by Crippen LogP contribution is -2.01. The number of methoxy groups -OCH3 is 1. The molecule has 0 radical (unpaired) electrons. The van der Waals surface area contributed by atoms with E-state index in [1.165, 1.54) is 11.1 Å². The Morgan fingerprint density at radius 2 is 2.12 bits per heavy atom. The minimum absolute atomic E-state index is 0.227. The number of aromatic nitrogens is 2. The smallest absolute Gasteiger partial charge is 0.309 e. The van der Waals surface area contributed by atoms with Crippen LogP contribution in [0, 0.1) is 0 Å². The molecule has 0 atom stereocenters. The summed E-state index contributed by atoms with van der Waals surface area (Å²) in [5, 5.41) is 0. The molecule has 0 spiro atoms. The van der Waals surface area contributed by atoms with E-state index in [-0.39, 0.29) is 12.4 Å². The molecule has 0 amide bonds. The van der Waals surface area contributed by atoms with Crippen LogP contribution < -0.4 is 4.74 Å². The summed E-state index contributed by atoms with van der Waals surface area (Å²) in [5.41, 5.74) is 6.59. The summed E-state index contributed by atoms with van der Waals surface area (Å²) in [6.07, 6.45) is 4.06. The maximum Gasteiger partial charge on any atom is 0.309 e. The van der Waals surface area contributed by atoms with Crippen molar-refractivity contribution in [3.8, 4) is 17.1 Å². The molecule has 0 bridgehead atoms. The number of hydrogen-bond acceptors (Lipinski definition) is 4. The first kappa shape index (κ1) is 16.4. The van der Waals surface area contributed by atoms with Gasteiger partial charge in [0.25, 0.3) is 0 Å². The van der Waals surface area contributed by atoms with Crippen molar-refractivity contribution in [3.63, 3.8) is 0 Å². The monoisotopic (exact) mass is 348 g/mol. The second-order valence-electron chi connectivity index (χ2n) is 6.14. The molecule has 0 saturated heterocycles. The number of carbonyl (C=O) groups excluding carboxylic acids is 1. The summed E-state index contributed by atoms with van der Waals surface area (Å²) in [6, 6.07) is 12.3. The van der Waals surface area contributed by atoms with Gasteiger partial charge in [-0.2, -0.15) is 0 Å². The largest absolute Gasteiger partial charge is 0.481 e. The second kappa shape index (κ2) is 6.67. The first-order valence-corrected chi connectivity index (χ1v) is 8.70. The number of rotatable bonds is 5. The van der Waals surface area contributed by atoms with Gasteiger partial charge in [-0.3, -0.25) is 4.79 Å². The minimum atomic E-state index is -0.227. The molecule has 0 saturated carbocycles. The van der Waals surface area contributed by atoms with Crippen molar-refractivity contribution in [2.24, 2.45) is 0 Å². The van der Waals surface area contributed by atoms with E-state index in [1.54, 1.807) is 7.11 Å². The lowest BCUT2D eigenvalue weighted by atomic mass is 10.0. The fourth-order valence-corrected chi connectivity index (χ4v) is 3.51. The van der Waals surface area contributed by atoms with Crippen molar-refractivity contribution in [2.75, 3.05) is 13.7 Å². The number of nitrogens with zero attached hydrogens (tertiary/aromatic N) is 2. The van der Waals surface area contributed by atoms with Gasteiger partial charge in [0.15, 0.2) is 0 Å². The third-order valence-electron chi connectivity index (χ3n) is 4.60. The van der Waals surface area contributed by atoms with Gasteiger partial charge in [0, 0.05) is 23.7 Å². The Bertz CT molecular complexity index is 1020. The molecule has 4 rings (SSSR count). The molecular formula is C21H20N2O3. The Kier molecular flexibility index (Phi) is 4.21. The van der Waals surface area contributed by atoms with E-state index in [2.05, 4.69) is 27.8 Å². The van der Waals surface area contributed by atoms with Crippen molar-refractivity contribution in [1.29, 1.82) is 0 Å². The van der Waals surface area contributed by atoms with E-state index in [0.29, 0.717) is 12.5 Å². The lowest BCUT2D eigenvalue weighted by Gasteiger charge is -2.03. The predicted octanol–water partition coefficient (Wildman–Crippen LogP) is 4.04. The van der Waals surface area contributed by atoms with Gasteiger partial charge in [-0.05, 0) is 18.6 Å². The molecule has 26 heavy (non-hydrogen) atoms. The van der Waals surface area contributed by atoms with Crippen molar-refractivity contribution in [2.45, 2.75) is 19.9 Å². The van der Waals surface area contributed by atoms with Gasteiger partial charge in [0.05, 0.1) is 31.3 Å². The normalized spacial score (nSPS) is 12.4. The van der Waals surface area contributed by atoms with Crippen molar-refractivity contribution < 1.29 is 14.3 Å². The van der Waals surface area contributed by atoms with Crippen LogP contribution in [0.5, 0.6) is 5.88 Å². The van der Waals surface area contributed by atoms with Crippen LogP contribution in [0.25, 0.3) is 28.4 Å². The average Bonchev–Trinajstić information content (AvgIpc) is 3.17. The summed E-state index contributed by atoms with van der Waals surface area (Å²) in [7, 11) is 1.61. The lowest BCUT2D eigenvalue weighted by molar-refractivity contribution is -0.142. The molecule has 3 aromatic rings. The number of benzene rings is 1. The SMILES string of the molecule is CCOC(=O)CC=Cc1c2n(c3ccc(OC)nc13)Cc1ccccc1-2. The highest BCUT2D eigenvalue weighted by molar-refractivity contribution is 5.97. The first-order valence-electron chi connectivity index (χ1n) is 8.70. The van der Waals surface area contributed by atoms with Crippen LogP contribution in [0.15, 0.2) is 42.5 Å². The van der Waals surface area contributed by atoms with Gasteiger partial charge in [0.1, 0.15) is 5.52 Å². The highest BCUT2D eigenvalue weighted by Gasteiger charge is 2.25. The molecule has 132 valence electrons. The van der Waals surface area contributed by atoms with Gasteiger partial charge in [-0.15, -0.1) is 0 Å². The molecule has 3 heterocycles. The molecule has 5 nitrogen and oxygen atoms in total. The molecule has 1 aromatic carbocycles. The van der Waals surface area contributed by atoms with Gasteiger partial charge in [0.2, 0.25) is 5.88 Å². The Labute approximate surface area is 151 Å². The highest BCUT2D eigenvalue weighted by atomic mass is 16.5. The molecule has 0 fully saturated rings. The topological polar surface area (TPSA) is 53.4 Å². The molecule has 0 unspecified atom stereocenters. The summed E-state index contributed by atoms with van der Waals surface area (Å²) >= 11 is 0. The van der Waals surface area contributed by atoms with Crippen molar-refractivity contribution in [3.05, 3.63) is 53.6 Å². The number of pyridine rings is 1. The molecular weight excluding hydrogens is 328 g/mol. The zero-order chi connectivity index (χ0) is 18.1. The van der Waals surface area contributed by atoms with Crippen LogP contribution in [-0.2, 0) is 16.1 Å². The van der Waals surface area contributed by atoms with Gasteiger partial charge in [-0.1, -0.05) is 36.4 Å². The summed E-state index contributed by atoms with van der Waals surface area (Å²) < 4.78 is 12.6. The maximum atomic E-state index is 11.7. The molecule has 0 aliphatic carbocycles. The number of fused-ring (bicyclic) bond motifs is 5. The standard InChI is InChI=1S/C21H20N2O3/c1-3-26-19(24)10-6-9-16-20-17(11-12-18(22-20)25-2)23-13-14-7-4-5-8-15(14)21(16)23/h4-9,11-12H,3,10,13H2,1-2H3. The fraction of sp³-hybridized carbons (Fsp3) is 0.238. The van der Waals surface area contributed by atoms with Crippen LogP contribution >= 0.6 is 0 Å². The van der Waals surface area contributed by atoms with E-state index in [0.717, 1.165) is 28.8 Å². The average molecular weight is 348 g/mol. The summed E-state index contributed by atoms with van der Waals surface area (Å²) in [5.74, 6) is 0.352. The number of carbonyl (C=O) groups is 1. The Balaban J connectivity index is 1.85. The van der Waals surface area contributed by atoms with Gasteiger partial charge >= 0.3 is 5.97 Å². The van der Waals surface area contributed by atoms with E-state index >= 15 is 0 Å². The first-order chi connectivity index (χ1) is 12.7. The van der Waals surface area contributed by atoms with E-state index in [9.17, 15) is 4.79 Å². The van der Waals surface area contributed by atoms with Crippen LogP contribution in [0.4, 0.5) is 0 Å². The predicted molar refractivity (Wildman–Crippen MR) is 101 cm³/mol.